The Morgan fingerprint density at radius 3 is 2.00 bits per heavy atom. The van der Waals surface area contributed by atoms with Gasteiger partial charge in [0.2, 0.25) is 5.78 Å². The van der Waals surface area contributed by atoms with Gasteiger partial charge < -0.3 is 20.1 Å². The number of hydrogen-bond acceptors (Lipinski definition) is 8. The highest BCUT2D eigenvalue weighted by molar-refractivity contribution is 6.24. The number of aliphatic hydroxyl groups is 3. The molecule has 6 atom stereocenters. The molecular weight excluding hydrogens is 464 g/mol. The van der Waals surface area contributed by atoms with Crippen molar-refractivity contribution in [2.24, 2.45) is 23.2 Å². The number of allylic oxidation sites excluding steroid dienone is 8. The van der Waals surface area contributed by atoms with E-state index >= 15 is 0 Å². The van der Waals surface area contributed by atoms with Crippen molar-refractivity contribution in [2.75, 3.05) is 0 Å². The normalized spacial score (nSPS) is 38.4. The fourth-order valence-corrected chi connectivity index (χ4v) is 5.93. The lowest BCUT2D eigenvalue weighted by atomic mass is 9.40. The molecule has 0 aromatic rings. The van der Waals surface area contributed by atoms with Gasteiger partial charge in [0.1, 0.15) is 16.8 Å². The average molecular weight is 497 g/mol. The number of carbonyl (C=O) groups is 4. The van der Waals surface area contributed by atoms with E-state index in [0.29, 0.717) is 0 Å². The lowest BCUT2D eigenvalue weighted by Crippen LogP contribution is -2.75. The molecule has 2 bridgehead atoms. The monoisotopic (exact) mass is 496 g/mol. The summed E-state index contributed by atoms with van der Waals surface area (Å²) < 4.78 is 5.64. The number of Topliss-reactive ketones (excluding diaryl/α,β-unsaturated/α-hetero) is 3. The van der Waals surface area contributed by atoms with Gasteiger partial charge in [-0.25, -0.2) is 0 Å². The van der Waals surface area contributed by atoms with Gasteiger partial charge in [-0.15, -0.1) is 0 Å². The zero-order valence-corrected chi connectivity index (χ0v) is 21.2. The van der Waals surface area contributed by atoms with Gasteiger partial charge in [-0.3, -0.25) is 19.2 Å². The minimum Gasteiger partial charge on any atom is -0.508 e. The maximum Gasteiger partial charge on any atom is 0.284 e. The van der Waals surface area contributed by atoms with Crippen LogP contribution in [-0.4, -0.2) is 49.7 Å². The first-order valence-corrected chi connectivity index (χ1v) is 11.7. The standard InChI is InChI=1S/C28H32O8/c1-7-9-11-13-16(29)18-20-21(28(6)22(31)15(3)24(33)36-28)19(17(30)14-12-10-8-2)26(4,23(18)32)25(34)27(20,5)35/h7-14,19-21,29,33,35H,1-6H3/b9-7+,10-8+,13-11+,14-12+,18-16-/t19-,20-,21-,26+,27+,28-/m1/s1. The summed E-state index contributed by atoms with van der Waals surface area (Å²) in [5, 5.41) is 32.7. The second-order valence-electron chi connectivity index (χ2n) is 9.93. The summed E-state index contributed by atoms with van der Waals surface area (Å²) in [6, 6.07) is 0. The summed E-state index contributed by atoms with van der Waals surface area (Å²) in [4.78, 5) is 54.4. The maximum atomic E-state index is 13.8. The van der Waals surface area contributed by atoms with Crippen molar-refractivity contribution in [3.05, 3.63) is 71.5 Å². The second kappa shape index (κ2) is 9.17. The van der Waals surface area contributed by atoms with Crippen LogP contribution < -0.4 is 0 Å². The summed E-state index contributed by atoms with van der Waals surface area (Å²) in [7, 11) is 0. The number of aliphatic hydroxyl groups excluding tert-OH is 2. The van der Waals surface area contributed by atoms with Crippen LogP contribution >= 0.6 is 0 Å². The maximum absolute atomic E-state index is 13.8. The number of ether oxygens (including phenoxy) is 1. The topological polar surface area (TPSA) is 138 Å². The Hall–Kier alpha value is -3.52. The molecule has 3 N–H and O–H groups in total. The van der Waals surface area contributed by atoms with Gasteiger partial charge >= 0.3 is 0 Å². The van der Waals surface area contributed by atoms with Crippen molar-refractivity contribution in [1.29, 1.82) is 0 Å². The Bertz CT molecular complexity index is 1210. The van der Waals surface area contributed by atoms with E-state index in [4.69, 9.17) is 4.74 Å². The SMILES string of the molecule is C/C=C/C=C/C(=O)[C@@H]1[C@@H]([C@@]2(C)OC(O)=C(C)C2=O)[C@H]2\C(=C(O)/C=C/C=C/C)C(=O)[C@@]1(C)C(=O)[C@@]2(C)O. The molecule has 0 saturated heterocycles. The quantitative estimate of drug-likeness (QED) is 0.220. The van der Waals surface area contributed by atoms with Crippen LogP contribution in [0, 0.1) is 23.2 Å². The number of hydrogen-bond donors (Lipinski definition) is 3. The third-order valence-corrected chi connectivity index (χ3v) is 7.67. The molecule has 0 spiro atoms. The van der Waals surface area contributed by atoms with Crippen molar-refractivity contribution in [3.63, 3.8) is 0 Å². The van der Waals surface area contributed by atoms with E-state index in [0.717, 1.165) is 0 Å². The average Bonchev–Trinajstić information content (AvgIpc) is 3.01. The van der Waals surface area contributed by atoms with Crippen LogP contribution in [0.5, 0.6) is 0 Å². The Balaban J connectivity index is 2.39. The van der Waals surface area contributed by atoms with Gasteiger partial charge in [0.15, 0.2) is 23.0 Å². The number of ketones is 4. The van der Waals surface area contributed by atoms with E-state index in [-0.39, 0.29) is 11.1 Å². The van der Waals surface area contributed by atoms with E-state index in [1.807, 2.05) is 0 Å². The van der Waals surface area contributed by atoms with Gasteiger partial charge in [0.05, 0.1) is 5.57 Å². The fraction of sp³-hybridized carbons (Fsp3) is 0.429. The molecule has 1 aliphatic heterocycles. The zero-order valence-electron chi connectivity index (χ0n) is 21.2. The minimum atomic E-state index is -2.23. The molecule has 0 radical (unpaired) electrons. The Labute approximate surface area is 210 Å². The molecule has 4 rings (SSSR count). The van der Waals surface area contributed by atoms with E-state index in [1.165, 1.54) is 52.0 Å². The van der Waals surface area contributed by atoms with Gasteiger partial charge in [-0.05, 0) is 53.7 Å². The van der Waals surface area contributed by atoms with Crippen LogP contribution in [0.25, 0.3) is 0 Å². The summed E-state index contributed by atoms with van der Waals surface area (Å²) in [6.45, 7) is 8.69. The third-order valence-electron chi connectivity index (χ3n) is 7.67. The highest BCUT2D eigenvalue weighted by atomic mass is 16.6. The second-order valence-corrected chi connectivity index (χ2v) is 9.93. The zero-order chi connectivity index (χ0) is 27.2. The predicted molar refractivity (Wildman–Crippen MR) is 132 cm³/mol. The molecule has 3 saturated carbocycles. The van der Waals surface area contributed by atoms with Crippen molar-refractivity contribution < 1.29 is 39.2 Å². The van der Waals surface area contributed by atoms with Gasteiger partial charge in [0, 0.05) is 23.3 Å². The van der Waals surface area contributed by atoms with E-state index in [9.17, 15) is 34.5 Å². The van der Waals surface area contributed by atoms with Crippen LogP contribution in [0.15, 0.2) is 71.5 Å². The molecule has 3 fully saturated rings. The molecule has 8 nitrogen and oxygen atoms in total. The molecule has 4 aliphatic rings. The van der Waals surface area contributed by atoms with Crippen molar-refractivity contribution >= 4 is 23.1 Å². The van der Waals surface area contributed by atoms with Crippen molar-refractivity contribution in [1.82, 2.24) is 0 Å². The largest absolute Gasteiger partial charge is 0.508 e. The van der Waals surface area contributed by atoms with Crippen LogP contribution in [0.2, 0.25) is 0 Å². The van der Waals surface area contributed by atoms with Gasteiger partial charge in [-0.1, -0.05) is 36.5 Å². The summed E-state index contributed by atoms with van der Waals surface area (Å²) >= 11 is 0. The molecular formula is C28H32O8. The van der Waals surface area contributed by atoms with E-state index in [1.54, 1.807) is 38.2 Å². The first kappa shape index (κ1) is 27.1. The van der Waals surface area contributed by atoms with Crippen molar-refractivity contribution in [2.45, 2.75) is 52.7 Å². The number of rotatable bonds is 6. The number of fused-ring (bicyclic) bond motifs is 3. The van der Waals surface area contributed by atoms with E-state index in [2.05, 4.69) is 0 Å². The predicted octanol–water partition coefficient (Wildman–Crippen LogP) is 3.55. The molecule has 36 heavy (non-hydrogen) atoms. The van der Waals surface area contributed by atoms with Crippen LogP contribution in [-0.2, 0) is 23.9 Å². The third kappa shape index (κ3) is 3.63. The number of carbonyl (C=O) groups excluding carboxylic acids is 4. The Morgan fingerprint density at radius 1 is 0.944 bits per heavy atom. The van der Waals surface area contributed by atoms with Crippen LogP contribution in [0.1, 0.15) is 41.5 Å². The first-order valence-electron chi connectivity index (χ1n) is 11.7. The Morgan fingerprint density at radius 2 is 1.50 bits per heavy atom. The molecule has 0 aromatic heterocycles. The molecule has 1 heterocycles. The van der Waals surface area contributed by atoms with Gasteiger partial charge in [-0.2, -0.15) is 0 Å². The van der Waals surface area contributed by atoms with E-state index < -0.39 is 69.2 Å². The highest BCUT2D eigenvalue weighted by Crippen LogP contribution is 2.63. The molecule has 0 amide bonds. The molecule has 3 aliphatic carbocycles. The first-order chi connectivity index (χ1) is 16.7. The molecule has 8 heteroatoms. The minimum absolute atomic E-state index is 0.0835. The summed E-state index contributed by atoms with van der Waals surface area (Å²) in [5.41, 5.74) is -6.60. The lowest BCUT2D eigenvalue weighted by molar-refractivity contribution is -0.203. The van der Waals surface area contributed by atoms with Crippen LogP contribution in [0.4, 0.5) is 0 Å². The van der Waals surface area contributed by atoms with Crippen molar-refractivity contribution in [3.8, 4) is 0 Å². The fourth-order valence-electron chi connectivity index (χ4n) is 5.93. The summed E-state index contributed by atoms with van der Waals surface area (Å²) in [6.07, 6.45) is 12.0. The van der Waals surface area contributed by atoms with Crippen LogP contribution in [0.3, 0.4) is 0 Å². The summed E-state index contributed by atoms with van der Waals surface area (Å²) in [5.74, 6) is -8.24. The van der Waals surface area contributed by atoms with Gasteiger partial charge in [0.25, 0.3) is 5.95 Å². The lowest BCUT2D eigenvalue weighted by Gasteiger charge is -2.60. The smallest absolute Gasteiger partial charge is 0.284 e. The Kier molecular flexibility index (Phi) is 6.89. The molecule has 192 valence electrons. The highest BCUT2D eigenvalue weighted by Gasteiger charge is 2.77. The molecule has 0 unspecified atom stereocenters. The molecule has 0 aromatic carbocycles.